The first-order valence-electron chi connectivity index (χ1n) is 9.48. The Kier molecular flexibility index (Phi) is 7.24. The topological polar surface area (TPSA) is 159 Å². The highest BCUT2D eigenvalue weighted by Crippen LogP contribution is 2.35. The molecule has 174 valence electrons. The molecule has 0 bridgehead atoms. The molecule has 2 unspecified atom stereocenters. The van der Waals surface area contributed by atoms with E-state index in [-0.39, 0.29) is 30.6 Å². The summed E-state index contributed by atoms with van der Waals surface area (Å²) in [4.78, 5) is 58.3. The number of imide groups is 1. The summed E-state index contributed by atoms with van der Waals surface area (Å²) < 4.78 is 31.7. The monoisotopic (exact) mass is 458 g/mol. The van der Waals surface area contributed by atoms with Crippen molar-refractivity contribution < 1.29 is 42.3 Å². The van der Waals surface area contributed by atoms with Gasteiger partial charge in [0.1, 0.15) is 11.7 Å². The second kappa shape index (κ2) is 9.34. The predicted molar refractivity (Wildman–Crippen MR) is 102 cm³/mol. The lowest BCUT2D eigenvalue weighted by Crippen LogP contribution is -2.56. The van der Waals surface area contributed by atoms with Gasteiger partial charge in [0.05, 0.1) is 0 Å². The van der Waals surface area contributed by atoms with E-state index in [1.165, 1.54) is 11.1 Å². The number of halogens is 3. The maximum absolute atomic E-state index is 12.7. The molecule has 5 N–H and O–H groups in total. The lowest BCUT2D eigenvalue weighted by atomic mass is 9.90. The minimum atomic E-state index is -5.08. The predicted octanol–water partition coefficient (Wildman–Crippen LogP) is 0.219. The average molecular weight is 458 g/mol. The zero-order valence-corrected chi connectivity index (χ0v) is 16.9. The summed E-state index contributed by atoms with van der Waals surface area (Å²) in [6.07, 6.45) is 2.67. The van der Waals surface area contributed by atoms with Crippen molar-refractivity contribution in [2.45, 2.75) is 50.5 Å². The molecule has 0 saturated carbocycles. The number of allylic oxidation sites excluding steroid dienone is 2. The number of nitrogens with zero attached hydrogens (tertiary/aromatic N) is 1. The number of rotatable bonds is 4. The molecule has 13 heteroatoms. The lowest BCUT2D eigenvalue weighted by molar-refractivity contribution is -0.192. The van der Waals surface area contributed by atoms with Crippen molar-refractivity contribution in [2.75, 3.05) is 0 Å². The van der Waals surface area contributed by atoms with Crippen LogP contribution in [0.4, 0.5) is 13.2 Å². The van der Waals surface area contributed by atoms with Crippen LogP contribution in [0.2, 0.25) is 0 Å². The maximum Gasteiger partial charge on any atom is 0.490 e. The number of nitrogens with one attached hydrogen (secondary N) is 2. The Bertz CT molecular complexity index is 940. The second-order valence-electron chi connectivity index (χ2n) is 7.13. The molecule has 2 atom stereocenters. The molecule has 0 spiro atoms. The molecule has 1 fully saturated rings. The van der Waals surface area contributed by atoms with Crippen LogP contribution in [0.1, 0.15) is 32.6 Å². The number of nitrogens with two attached hydrogens (primary N) is 1. The Labute approximate surface area is 180 Å². The third-order valence-electron chi connectivity index (χ3n) is 4.70. The molecular formula is C19H21F3N4O6. The zero-order valence-electron chi connectivity index (χ0n) is 16.9. The van der Waals surface area contributed by atoms with Crippen molar-refractivity contribution in [1.82, 2.24) is 15.5 Å². The molecule has 0 aromatic carbocycles. The average Bonchev–Trinajstić information content (AvgIpc) is 3.00. The third kappa shape index (κ3) is 5.41. The van der Waals surface area contributed by atoms with E-state index in [1.807, 2.05) is 6.92 Å². The molecule has 1 saturated heterocycles. The molecular weight excluding hydrogens is 437 g/mol. The Balaban J connectivity index is 0.000000451. The minimum absolute atomic E-state index is 0.168. The van der Waals surface area contributed by atoms with E-state index in [4.69, 9.17) is 15.6 Å². The second-order valence-corrected chi connectivity index (χ2v) is 7.13. The van der Waals surface area contributed by atoms with Gasteiger partial charge in [0, 0.05) is 30.2 Å². The van der Waals surface area contributed by atoms with Gasteiger partial charge in [-0.05, 0) is 25.0 Å². The fourth-order valence-corrected chi connectivity index (χ4v) is 3.21. The summed E-state index contributed by atoms with van der Waals surface area (Å²) >= 11 is 0. The summed E-state index contributed by atoms with van der Waals surface area (Å²) in [6, 6.07) is -0.764. The van der Waals surface area contributed by atoms with Gasteiger partial charge in [-0.2, -0.15) is 13.2 Å². The molecule has 0 aromatic heterocycles. The lowest BCUT2D eigenvalue weighted by Gasteiger charge is -2.30. The van der Waals surface area contributed by atoms with Crippen LogP contribution in [0.15, 0.2) is 35.6 Å². The van der Waals surface area contributed by atoms with Crippen molar-refractivity contribution in [1.29, 1.82) is 0 Å². The quantitative estimate of drug-likeness (QED) is 0.346. The minimum Gasteiger partial charge on any atom is -0.475 e. The molecule has 10 nitrogen and oxygen atoms in total. The molecule has 3 rings (SSSR count). The SMILES string of the molecule is CCCC(=O)NC1(N)C=CC=C2C(=O)N(C3CCC(=O)NC3=O)C=C21.O=C(O)C(F)(F)F. The van der Waals surface area contributed by atoms with Gasteiger partial charge >= 0.3 is 12.1 Å². The van der Waals surface area contributed by atoms with Crippen molar-refractivity contribution in [3.8, 4) is 0 Å². The van der Waals surface area contributed by atoms with E-state index in [0.717, 1.165) is 0 Å². The Morgan fingerprint density at radius 1 is 1.34 bits per heavy atom. The molecule has 3 aliphatic rings. The van der Waals surface area contributed by atoms with E-state index in [2.05, 4.69) is 10.6 Å². The van der Waals surface area contributed by atoms with Gasteiger partial charge in [-0.1, -0.05) is 13.0 Å². The van der Waals surface area contributed by atoms with Gasteiger partial charge in [-0.25, -0.2) is 4.79 Å². The molecule has 2 heterocycles. The van der Waals surface area contributed by atoms with Crippen LogP contribution >= 0.6 is 0 Å². The smallest absolute Gasteiger partial charge is 0.475 e. The summed E-state index contributed by atoms with van der Waals surface area (Å²) in [6.45, 7) is 1.88. The number of hydrogen-bond acceptors (Lipinski definition) is 6. The van der Waals surface area contributed by atoms with Crippen LogP contribution in [0.25, 0.3) is 0 Å². The van der Waals surface area contributed by atoms with Crippen molar-refractivity contribution in [3.63, 3.8) is 0 Å². The van der Waals surface area contributed by atoms with E-state index < -0.39 is 29.8 Å². The Hall–Kier alpha value is -3.48. The summed E-state index contributed by atoms with van der Waals surface area (Å²) in [7, 11) is 0. The van der Waals surface area contributed by atoms with Crippen LogP contribution in [-0.4, -0.2) is 57.5 Å². The third-order valence-corrected chi connectivity index (χ3v) is 4.70. The standard InChI is InChI=1S/C17H20N4O4.C2HF3O2/c1-2-4-14(23)20-17(18)8-3-5-10-11(17)9-21(16(10)25)12-6-7-13(22)19-15(12)24;3-2(4,5)1(6)7/h3,5,8-9,12H,2,4,6-7,18H2,1H3,(H,20,23)(H,19,22,24);(H,6,7). The number of carboxylic acid groups (broad SMARTS) is 1. The first kappa shape index (κ1) is 24.8. The summed E-state index contributed by atoms with van der Waals surface area (Å²) in [5, 5.41) is 12.1. The number of fused-ring (bicyclic) bond motifs is 1. The molecule has 1 aliphatic carbocycles. The number of amides is 4. The van der Waals surface area contributed by atoms with Gasteiger partial charge in [-0.3, -0.25) is 24.5 Å². The van der Waals surface area contributed by atoms with Crippen LogP contribution in [0.5, 0.6) is 0 Å². The van der Waals surface area contributed by atoms with Crippen molar-refractivity contribution in [2.24, 2.45) is 5.73 Å². The first-order valence-corrected chi connectivity index (χ1v) is 9.48. The number of hydrogen-bond donors (Lipinski definition) is 4. The van der Waals surface area contributed by atoms with E-state index in [0.29, 0.717) is 24.0 Å². The molecule has 0 aromatic rings. The van der Waals surface area contributed by atoms with Crippen LogP contribution in [0.3, 0.4) is 0 Å². The number of alkyl halides is 3. The summed E-state index contributed by atoms with van der Waals surface area (Å²) in [5.74, 6) is -4.20. The number of carbonyl (C=O) groups is 5. The number of carboxylic acids is 1. The van der Waals surface area contributed by atoms with Gasteiger partial charge in [-0.15, -0.1) is 0 Å². The highest BCUT2D eigenvalue weighted by molar-refractivity contribution is 6.08. The van der Waals surface area contributed by atoms with Crippen molar-refractivity contribution in [3.05, 3.63) is 35.6 Å². The zero-order chi connectivity index (χ0) is 24.3. The molecule has 4 amide bonds. The Morgan fingerprint density at radius 3 is 2.50 bits per heavy atom. The van der Waals surface area contributed by atoms with Gasteiger partial charge < -0.3 is 21.1 Å². The number of carbonyl (C=O) groups excluding carboxylic acids is 4. The number of piperidine rings is 1. The number of aliphatic carboxylic acids is 1. The van der Waals surface area contributed by atoms with E-state index >= 15 is 0 Å². The fraction of sp³-hybridized carbons (Fsp3) is 0.421. The van der Waals surface area contributed by atoms with Gasteiger partial charge in [0.25, 0.3) is 5.91 Å². The Morgan fingerprint density at radius 2 is 1.97 bits per heavy atom. The maximum atomic E-state index is 12.7. The van der Waals surface area contributed by atoms with Crippen LogP contribution in [0, 0.1) is 0 Å². The van der Waals surface area contributed by atoms with Crippen LogP contribution < -0.4 is 16.4 Å². The largest absolute Gasteiger partial charge is 0.490 e. The van der Waals surface area contributed by atoms with Gasteiger partial charge in [0.15, 0.2) is 0 Å². The van der Waals surface area contributed by atoms with E-state index in [1.54, 1.807) is 18.2 Å². The summed E-state index contributed by atoms with van der Waals surface area (Å²) in [5.41, 5.74) is 5.80. The molecule has 0 radical (unpaired) electrons. The van der Waals surface area contributed by atoms with Crippen molar-refractivity contribution >= 4 is 29.6 Å². The van der Waals surface area contributed by atoms with Gasteiger partial charge in [0.2, 0.25) is 17.7 Å². The first-order chi connectivity index (χ1) is 14.8. The highest BCUT2D eigenvalue weighted by atomic mass is 19.4. The molecule has 32 heavy (non-hydrogen) atoms. The van der Waals surface area contributed by atoms with Crippen LogP contribution in [-0.2, 0) is 24.0 Å². The van der Waals surface area contributed by atoms with E-state index in [9.17, 15) is 32.3 Å². The fourth-order valence-electron chi connectivity index (χ4n) is 3.21. The normalized spacial score (nSPS) is 24.6. The highest BCUT2D eigenvalue weighted by Gasteiger charge is 2.45. The molecule has 2 aliphatic heterocycles.